The number of carbonyl (C=O) groups excluding carboxylic acids is 2. The van der Waals surface area contributed by atoms with Crippen molar-refractivity contribution in [1.82, 2.24) is 15.0 Å². The Bertz CT molecular complexity index is 1360. The first-order chi connectivity index (χ1) is 16.1. The number of halogens is 1. The van der Waals surface area contributed by atoms with Gasteiger partial charge < -0.3 is 15.0 Å². The SMILES string of the molecule is O=C(Nc1ccc(C(=O)N2Cc3cccnc3Oc3ccccc32)cn1)c1cccnc1Cl. The fraction of sp³-hybridized carbons (Fsp3) is 0.0417. The Morgan fingerprint density at radius 2 is 1.76 bits per heavy atom. The number of pyridine rings is 3. The number of hydrogen-bond donors (Lipinski definition) is 1. The van der Waals surface area contributed by atoms with Crippen molar-refractivity contribution in [2.45, 2.75) is 6.54 Å². The van der Waals surface area contributed by atoms with E-state index in [0.717, 1.165) is 5.56 Å². The van der Waals surface area contributed by atoms with Gasteiger partial charge in [-0.05, 0) is 42.5 Å². The molecule has 0 saturated carbocycles. The molecular formula is C24H16ClN5O3. The second-order valence-electron chi connectivity index (χ2n) is 7.16. The van der Waals surface area contributed by atoms with E-state index in [0.29, 0.717) is 22.9 Å². The third-order valence-corrected chi connectivity index (χ3v) is 5.34. The smallest absolute Gasteiger partial charge is 0.260 e. The maximum absolute atomic E-state index is 13.4. The lowest BCUT2D eigenvalue weighted by atomic mass is 10.1. The molecule has 9 heteroatoms. The van der Waals surface area contributed by atoms with Crippen LogP contribution in [0.2, 0.25) is 5.15 Å². The Hall–Kier alpha value is -4.30. The molecule has 1 aliphatic heterocycles. The van der Waals surface area contributed by atoms with Gasteiger partial charge in [0.15, 0.2) is 5.75 Å². The molecule has 5 rings (SSSR count). The second kappa shape index (κ2) is 8.68. The molecule has 1 N–H and O–H groups in total. The summed E-state index contributed by atoms with van der Waals surface area (Å²) in [5.74, 6) is 0.579. The summed E-state index contributed by atoms with van der Waals surface area (Å²) in [5, 5.41) is 2.75. The third-order valence-electron chi connectivity index (χ3n) is 5.04. The first kappa shape index (κ1) is 20.6. The summed E-state index contributed by atoms with van der Waals surface area (Å²) in [6.45, 7) is 0.289. The molecule has 33 heavy (non-hydrogen) atoms. The van der Waals surface area contributed by atoms with Crippen molar-refractivity contribution in [3.05, 3.63) is 101 Å². The topological polar surface area (TPSA) is 97.3 Å². The zero-order valence-electron chi connectivity index (χ0n) is 17.1. The molecule has 0 saturated heterocycles. The van der Waals surface area contributed by atoms with Gasteiger partial charge in [-0.1, -0.05) is 29.8 Å². The molecule has 0 aliphatic carbocycles. The number of ether oxygens (including phenoxy) is 1. The highest BCUT2D eigenvalue weighted by molar-refractivity contribution is 6.33. The average Bonchev–Trinajstić information content (AvgIpc) is 3.01. The molecule has 0 bridgehead atoms. The molecule has 4 aromatic rings. The zero-order chi connectivity index (χ0) is 22.8. The van der Waals surface area contributed by atoms with Gasteiger partial charge in [0.25, 0.3) is 11.8 Å². The van der Waals surface area contributed by atoms with E-state index in [9.17, 15) is 9.59 Å². The summed E-state index contributed by atoms with van der Waals surface area (Å²) in [5.41, 5.74) is 2.00. The van der Waals surface area contributed by atoms with E-state index >= 15 is 0 Å². The zero-order valence-corrected chi connectivity index (χ0v) is 17.9. The summed E-state index contributed by atoms with van der Waals surface area (Å²) >= 11 is 5.97. The molecule has 0 atom stereocenters. The van der Waals surface area contributed by atoms with E-state index in [1.54, 1.807) is 47.5 Å². The van der Waals surface area contributed by atoms with E-state index in [-0.39, 0.29) is 29.0 Å². The van der Waals surface area contributed by atoms with Crippen LogP contribution in [0.3, 0.4) is 0 Å². The normalized spacial score (nSPS) is 12.1. The van der Waals surface area contributed by atoms with Gasteiger partial charge in [0.05, 0.1) is 23.4 Å². The average molecular weight is 458 g/mol. The molecule has 4 heterocycles. The molecule has 0 spiro atoms. The van der Waals surface area contributed by atoms with Gasteiger partial charge in [0.2, 0.25) is 5.88 Å². The van der Waals surface area contributed by atoms with Crippen molar-refractivity contribution in [3.63, 3.8) is 0 Å². The van der Waals surface area contributed by atoms with Crippen LogP contribution < -0.4 is 15.0 Å². The Kier molecular flexibility index (Phi) is 5.42. The van der Waals surface area contributed by atoms with Gasteiger partial charge >= 0.3 is 0 Å². The first-order valence-electron chi connectivity index (χ1n) is 10.0. The predicted molar refractivity (Wildman–Crippen MR) is 123 cm³/mol. The second-order valence-corrected chi connectivity index (χ2v) is 7.51. The number of fused-ring (bicyclic) bond motifs is 2. The summed E-state index contributed by atoms with van der Waals surface area (Å²) in [6, 6.07) is 17.3. The van der Waals surface area contributed by atoms with Crippen molar-refractivity contribution >= 4 is 34.9 Å². The lowest BCUT2D eigenvalue weighted by Crippen LogP contribution is -2.30. The Morgan fingerprint density at radius 3 is 2.58 bits per heavy atom. The number of nitrogens with zero attached hydrogens (tertiary/aromatic N) is 4. The van der Waals surface area contributed by atoms with E-state index in [1.165, 1.54) is 12.4 Å². The first-order valence-corrected chi connectivity index (χ1v) is 10.4. The van der Waals surface area contributed by atoms with Gasteiger partial charge in [-0.15, -0.1) is 0 Å². The highest BCUT2D eigenvalue weighted by Crippen LogP contribution is 2.38. The Balaban J connectivity index is 1.40. The molecule has 162 valence electrons. The molecule has 3 aromatic heterocycles. The fourth-order valence-corrected chi connectivity index (χ4v) is 3.64. The number of amides is 2. The number of hydrogen-bond acceptors (Lipinski definition) is 6. The van der Waals surface area contributed by atoms with Crippen LogP contribution in [0.5, 0.6) is 11.6 Å². The summed E-state index contributed by atoms with van der Waals surface area (Å²) in [6.07, 6.45) is 4.56. The lowest BCUT2D eigenvalue weighted by Gasteiger charge is -2.22. The Morgan fingerprint density at radius 1 is 0.939 bits per heavy atom. The maximum atomic E-state index is 13.4. The van der Waals surface area contributed by atoms with Crippen molar-refractivity contribution in [2.24, 2.45) is 0 Å². The van der Waals surface area contributed by atoms with Crippen LogP contribution in [0, 0.1) is 0 Å². The van der Waals surface area contributed by atoms with Gasteiger partial charge in [-0.3, -0.25) is 9.59 Å². The van der Waals surface area contributed by atoms with Crippen LogP contribution in [-0.2, 0) is 6.54 Å². The van der Waals surface area contributed by atoms with Gasteiger partial charge in [0, 0.05) is 24.2 Å². The Labute approximate surface area is 193 Å². The number of carbonyl (C=O) groups is 2. The minimum Gasteiger partial charge on any atom is -0.436 e. The number of anilines is 2. The van der Waals surface area contributed by atoms with Crippen LogP contribution >= 0.6 is 11.6 Å². The van der Waals surface area contributed by atoms with E-state index in [2.05, 4.69) is 20.3 Å². The number of nitrogens with one attached hydrogen (secondary N) is 1. The molecule has 1 aliphatic rings. The van der Waals surface area contributed by atoms with Crippen LogP contribution in [0.15, 0.2) is 79.3 Å². The number of para-hydroxylation sites is 2. The molecule has 0 fully saturated rings. The van der Waals surface area contributed by atoms with Gasteiger partial charge in [-0.25, -0.2) is 15.0 Å². The molecule has 1 aromatic carbocycles. The van der Waals surface area contributed by atoms with Crippen LogP contribution in [0.25, 0.3) is 0 Å². The highest BCUT2D eigenvalue weighted by Gasteiger charge is 2.26. The predicted octanol–water partition coefficient (Wildman–Crippen LogP) is 4.73. The van der Waals surface area contributed by atoms with Gasteiger partial charge in [0.1, 0.15) is 11.0 Å². The van der Waals surface area contributed by atoms with Crippen molar-refractivity contribution in [1.29, 1.82) is 0 Å². The lowest BCUT2D eigenvalue weighted by molar-refractivity contribution is 0.0984. The largest absolute Gasteiger partial charge is 0.436 e. The molecule has 0 radical (unpaired) electrons. The fourth-order valence-electron chi connectivity index (χ4n) is 3.43. The summed E-state index contributed by atoms with van der Waals surface area (Å²) in [4.78, 5) is 39.9. The summed E-state index contributed by atoms with van der Waals surface area (Å²) < 4.78 is 5.95. The van der Waals surface area contributed by atoms with Crippen molar-refractivity contribution in [3.8, 4) is 11.6 Å². The third kappa shape index (κ3) is 4.11. The molecule has 0 unspecified atom stereocenters. The molecule has 8 nitrogen and oxygen atoms in total. The minimum atomic E-state index is -0.442. The van der Waals surface area contributed by atoms with Gasteiger partial charge in [-0.2, -0.15) is 0 Å². The monoisotopic (exact) mass is 457 g/mol. The maximum Gasteiger partial charge on any atom is 0.260 e. The number of aromatic nitrogens is 3. The quantitative estimate of drug-likeness (QED) is 0.447. The van der Waals surface area contributed by atoms with Crippen LogP contribution in [-0.4, -0.2) is 26.8 Å². The van der Waals surface area contributed by atoms with Crippen LogP contribution in [0.4, 0.5) is 11.5 Å². The highest BCUT2D eigenvalue weighted by atomic mass is 35.5. The van der Waals surface area contributed by atoms with E-state index in [4.69, 9.17) is 16.3 Å². The number of benzene rings is 1. The summed E-state index contributed by atoms with van der Waals surface area (Å²) in [7, 11) is 0. The van der Waals surface area contributed by atoms with Crippen molar-refractivity contribution < 1.29 is 14.3 Å². The van der Waals surface area contributed by atoms with E-state index in [1.807, 2.05) is 24.3 Å². The van der Waals surface area contributed by atoms with Crippen LogP contribution in [0.1, 0.15) is 26.3 Å². The minimum absolute atomic E-state index is 0.0959. The standard InChI is InChI=1S/C24H16ClN5O3/c25-21-17(6-4-11-26-21)22(31)29-20-10-9-15(13-28-20)24(32)30-14-16-5-3-12-27-23(16)33-19-8-2-1-7-18(19)30/h1-13H,14H2,(H,28,29,31). The molecule has 2 amide bonds. The molecular weight excluding hydrogens is 442 g/mol. The number of rotatable bonds is 3. The van der Waals surface area contributed by atoms with Crippen molar-refractivity contribution in [2.75, 3.05) is 10.2 Å². The van der Waals surface area contributed by atoms with E-state index < -0.39 is 5.91 Å².